The van der Waals surface area contributed by atoms with Crippen LogP contribution in [0.2, 0.25) is 0 Å². The molecule has 0 saturated carbocycles. The molecule has 3 nitrogen and oxygen atoms in total. The fourth-order valence-corrected chi connectivity index (χ4v) is 2.75. The van der Waals surface area contributed by atoms with Crippen LogP contribution in [0.25, 0.3) is 0 Å². The summed E-state index contributed by atoms with van der Waals surface area (Å²) in [6.07, 6.45) is 2.99. The minimum atomic E-state index is 0.556. The van der Waals surface area contributed by atoms with Crippen molar-refractivity contribution in [3.63, 3.8) is 0 Å². The Kier molecular flexibility index (Phi) is 3.22. The van der Waals surface area contributed by atoms with E-state index in [2.05, 4.69) is 47.1 Å². The van der Waals surface area contributed by atoms with Crippen LogP contribution in [-0.4, -0.2) is 11.5 Å². The topological polar surface area (TPSA) is 42.1 Å². The van der Waals surface area contributed by atoms with Crippen LogP contribution in [0.1, 0.15) is 18.1 Å². The molecule has 0 fully saturated rings. The highest BCUT2D eigenvalue weighted by molar-refractivity contribution is 5.65. The van der Waals surface area contributed by atoms with Crippen molar-refractivity contribution in [2.75, 3.05) is 11.4 Å². The Morgan fingerprint density at radius 2 is 2.16 bits per heavy atom. The molecule has 19 heavy (non-hydrogen) atoms. The molecule has 1 aromatic carbocycles. The van der Waals surface area contributed by atoms with Gasteiger partial charge < -0.3 is 10.6 Å². The highest BCUT2D eigenvalue weighted by Gasteiger charge is 2.23. The lowest BCUT2D eigenvalue weighted by Gasteiger charge is -2.34. The van der Waals surface area contributed by atoms with Gasteiger partial charge in [-0.05, 0) is 41.7 Å². The number of benzene rings is 1. The molecular weight excluding hydrogens is 234 g/mol. The molecule has 1 aliphatic rings. The molecule has 0 saturated heterocycles. The molecule has 2 N–H and O–H groups in total. The maximum Gasteiger partial charge on any atom is 0.133 e. The lowest BCUT2D eigenvalue weighted by atomic mass is 9.94. The van der Waals surface area contributed by atoms with Gasteiger partial charge >= 0.3 is 0 Å². The first-order chi connectivity index (χ1) is 9.28. The van der Waals surface area contributed by atoms with Gasteiger partial charge in [0.1, 0.15) is 5.82 Å². The predicted octanol–water partition coefficient (Wildman–Crippen LogP) is 2.87. The Balaban J connectivity index is 2.04. The number of para-hydroxylation sites is 1. The minimum Gasteiger partial charge on any atom is -0.326 e. The molecule has 0 spiro atoms. The number of aromatic nitrogens is 1. The predicted molar refractivity (Wildman–Crippen MR) is 78.4 cm³/mol. The number of nitrogens with zero attached hydrogens (tertiary/aromatic N) is 2. The van der Waals surface area contributed by atoms with Gasteiger partial charge in [-0.3, -0.25) is 0 Å². The number of hydrogen-bond acceptors (Lipinski definition) is 3. The Morgan fingerprint density at radius 3 is 3.00 bits per heavy atom. The zero-order valence-electron chi connectivity index (χ0n) is 11.2. The summed E-state index contributed by atoms with van der Waals surface area (Å²) in [4.78, 5) is 6.82. The number of fused-ring (bicyclic) bond motifs is 1. The molecular formula is C16H19N3. The van der Waals surface area contributed by atoms with Crippen LogP contribution in [-0.2, 0) is 13.0 Å². The molecule has 1 aromatic heterocycles. The van der Waals surface area contributed by atoms with Crippen molar-refractivity contribution in [3.05, 3.63) is 53.7 Å². The molecule has 2 aromatic rings. The number of pyridine rings is 1. The van der Waals surface area contributed by atoms with Crippen molar-refractivity contribution in [1.29, 1.82) is 0 Å². The van der Waals surface area contributed by atoms with E-state index in [0.717, 1.165) is 24.3 Å². The van der Waals surface area contributed by atoms with E-state index >= 15 is 0 Å². The molecule has 1 atom stereocenters. The van der Waals surface area contributed by atoms with Gasteiger partial charge in [0, 0.05) is 25.0 Å². The van der Waals surface area contributed by atoms with Crippen molar-refractivity contribution in [3.8, 4) is 0 Å². The number of rotatable bonds is 2. The van der Waals surface area contributed by atoms with E-state index in [1.165, 1.54) is 11.3 Å². The van der Waals surface area contributed by atoms with E-state index in [1.807, 2.05) is 12.3 Å². The third-order valence-electron chi connectivity index (χ3n) is 3.67. The standard InChI is InChI=1S/C16H19N3/c1-12-8-14-4-2-3-5-15(14)19(11-12)16-9-13(10-17)6-7-18-16/h2-7,9,12H,8,10-11,17H2,1H3. The number of hydrogen-bond donors (Lipinski definition) is 1. The normalized spacial score (nSPS) is 18.2. The van der Waals surface area contributed by atoms with Crippen molar-refractivity contribution >= 4 is 11.5 Å². The van der Waals surface area contributed by atoms with Crippen LogP contribution < -0.4 is 10.6 Å². The zero-order valence-corrected chi connectivity index (χ0v) is 11.2. The van der Waals surface area contributed by atoms with E-state index in [1.54, 1.807) is 0 Å². The summed E-state index contributed by atoms with van der Waals surface area (Å²) in [7, 11) is 0. The van der Waals surface area contributed by atoms with Gasteiger partial charge in [0.15, 0.2) is 0 Å². The maximum atomic E-state index is 5.72. The van der Waals surface area contributed by atoms with Gasteiger partial charge in [-0.2, -0.15) is 0 Å². The number of nitrogens with two attached hydrogens (primary N) is 1. The molecule has 0 aliphatic carbocycles. The van der Waals surface area contributed by atoms with Gasteiger partial charge in [-0.15, -0.1) is 0 Å². The zero-order chi connectivity index (χ0) is 13.2. The fraction of sp³-hybridized carbons (Fsp3) is 0.312. The summed E-state index contributed by atoms with van der Waals surface area (Å²) in [5.74, 6) is 1.64. The fourth-order valence-electron chi connectivity index (χ4n) is 2.75. The van der Waals surface area contributed by atoms with Crippen LogP contribution >= 0.6 is 0 Å². The molecule has 0 amide bonds. The van der Waals surface area contributed by atoms with Crippen molar-refractivity contribution in [2.45, 2.75) is 19.9 Å². The molecule has 2 heterocycles. The van der Waals surface area contributed by atoms with Gasteiger partial charge in [-0.1, -0.05) is 25.1 Å². The summed E-state index contributed by atoms with van der Waals surface area (Å²) in [5, 5.41) is 0. The quantitative estimate of drug-likeness (QED) is 0.895. The smallest absolute Gasteiger partial charge is 0.133 e. The molecule has 3 heteroatoms. The monoisotopic (exact) mass is 253 g/mol. The first-order valence-electron chi connectivity index (χ1n) is 6.78. The van der Waals surface area contributed by atoms with Crippen LogP contribution in [0, 0.1) is 5.92 Å². The largest absolute Gasteiger partial charge is 0.326 e. The van der Waals surface area contributed by atoms with Gasteiger partial charge in [0.2, 0.25) is 0 Å². The summed E-state index contributed by atoms with van der Waals surface area (Å²) < 4.78 is 0. The van der Waals surface area contributed by atoms with Crippen LogP contribution in [0.5, 0.6) is 0 Å². The van der Waals surface area contributed by atoms with Crippen LogP contribution in [0.15, 0.2) is 42.6 Å². The average molecular weight is 253 g/mol. The highest BCUT2D eigenvalue weighted by atomic mass is 15.2. The third kappa shape index (κ3) is 2.34. The minimum absolute atomic E-state index is 0.556. The summed E-state index contributed by atoms with van der Waals surface area (Å²) in [6.45, 7) is 3.86. The Bertz CT molecular complexity index is 580. The van der Waals surface area contributed by atoms with E-state index < -0.39 is 0 Å². The van der Waals surface area contributed by atoms with E-state index in [9.17, 15) is 0 Å². The second-order valence-corrected chi connectivity index (χ2v) is 5.28. The Labute approximate surface area is 114 Å². The second-order valence-electron chi connectivity index (χ2n) is 5.28. The summed E-state index contributed by atoms with van der Waals surface area (Å²) >= 11 is 0. The average Bonchev–Trinajstić information content (AvgIpc) is 2.46. The summed E-state index contributed by atoms with van der Waals surface area (Å²) in [5.41, 5.74) is 9.53. The van der Waals surface area contributed by atoms with Crippen molar-refractivity contribution < 1.29 is 0 Å². The van der Waals surface area contributed by atoms with E-state index in [-0.39, 0.29) is 0 Å². The van der Waals surface area contributed by atoms with Gasteiger partial charge in [0.05, 0.1) is 0 Å². The Hall–Kier alpha value is -1.87. The lowest BCUT2D eigenvalue weighted by Crippen LogP contribution is -2.31. The third-order valence-corrected chi connectivity index (χ3v) is 3.67. The van der Waals surface area contributed by atoms with Crippen molar-refractivity contribution in [1.82, 2.24) is 4.98 Å². The molecule has 1 aliphatic heterocycles. The first kappa shape index (κ1) is 12.2. The molecule has 3 rings (SSSR count). The lowest BCUT2D eigenvalue weighted by molar-refractivity contribution is 0.560. The summed E-state index contributed by atoms with van der Waals surface area (Å²) in [6, 6.07) is 12.7. The molecule has 98 valence electrons. The van der Waals surface area contributed by atoms with Gasteiger partial charge in [0.25, 0.3) is 0 Å². The van der Waals surface area contributed by atoms with Crippen LogP contribution in [0.4, 0.5) is 11.5 Å². The highest BCUT2D eigenvalue weighted by Crippen LogP contribution is 2.34. The maximum absolute atomic E-state index is 5.72. The molecule has 1 unspecified atom stereocenters. The van der Waals surface area contributed by atoms with Crippen molar-refractivity contribution in [2.24, 2.45) is 11.7 Å². The molecule has 0 radical (unpaired) electrons. The number of anilines is 2. The van der Waals surface area contributed by atoms with E-state index in [4.69, 9.17) is 5.73 Å². The SMILES string of the molecule is CC1Cc2ccccc2N(c2cc(CN)ccn2)C1. The second kappa shape index (κ2) is 5.02. The van der Waals surface area contributed by atoms with E-state index in [0.29, 0.717) is 12.5 Å². The Morgan fingerprint density at radius 1 is 1.32 bits per heavy atom. The first-order valence-corrected chi connectivity index (χ1v) is 6.78. The van der Waals surface area contributed by atoms with Crippen LogP contribution in [0.3, 0.4) is 0 Å². The molecule has 0 bridgehead atoms. The van der Waals surface area contributed by atoms with Gasteiger partial charge in [-0.25, -0.2) is 4.98 Å².